The van der Waals surface area contributed by atoms with Crippen molar-refractivity contribution < 1.29 is 0 Å². The molecule has 12 heavy (non-hydrogen) atoms. The molecule has 0 amide bonds. The molecule has 2 atom stereocenters. The summed E-state index contributed by atoms with van der Waals surface area (Å²) in [6.07, 6.45) is 8.72. The van der Waals surface area contributed by atoms with E-state index < -0.39 is 0 Å². The Morgan fingerprint density at radius 1 is 1.25 bits per heavy atom. The van der Waals surface area contributed by atoms with Crippen molar-refractivity contribution in [1.29, 1.82) is 0 Å². The highest BCUT2D eigenvalue weighted by atomic mass is 15.3. The molecule has 2 aliphatic heterocycles. The minimum absolute atomic E-state index is 0.228. The minimum Gasteiger partial charge on any atom is -0.382 e. The van der Waals surface area contributed by atoms with Crippen LogP contribution in [0.1, 0.15) is 20.8 Å². The lowest BCUT2D eigenvalue weighted by Gasteiger charge is -2.36. The molecule has 0 bridgehead atoms. The molecular weight excluding hydrogens is 148 g/mol. The molecule has 0 radical (unpaired) electrons. The van der Waals surface area contributed by atoms with E-state index in [0.29, 0.717) is 12.1 Å². The van der Waals surface area contributed by atoms with Gasteiger partial charge in [0.05, 0.1) is 12.1 Å². The van der Waals surface area contributed by atoms with Gasteiger partial charge >= 0.3 is 0 Å². The Morgan fingerprint density at radius 2 is 2.00 bits per heavy atom. The van der Waals surface area contributed by atoms with Crippen LogP contribution in [0.15, 0.2) is 24.6 Å². The summed E-state index contributed by atoms with van der Waals surface area (Å²) < 4.78 is 0. The Bertz CT molecular complexity index is 235. The molecule has 1 N–H and O–H groups in total. The molecule has 2 unspecified atom stereocenters. The fraction of sp³-hybridized carbons (Fsp3) is 0.600. The Morgan fingerprint density at radius 3 is 2.67 bits per heavy atom. The highest BCUT2D eigenvalue weighted by Gasteiger charge is 2.35. The van der Waals surface area contributed by atoms with E-state index in [1.54, 1.807) is 0 Å². The van der Waals surface area contributed by atoms with Gasteiger partial charge in [0, 0.05) is 5.54 Å². The summed E-state index contributed by atoms with van der Waals surface area (Å²) in [5.41, 5.74) is 0.228. The van der Waals surface area contributed by atoms with Crippen molar-refractivity contribution in [3.05, 3.63) is 24.6 Å². The number of hydrogen-bond donors (Lipinski definition) is 1. The number of hydrogen-bond acceptors (Lipinski definition) is 2. The number of fused-ring (bicyclic) bond motifs is 1. The normalized spacial score (nSPS) is 32.4. The molecule has 0 fully saturated rings. The summed E-state index contributed by atoms with van der Waals surface area (Å²) in [6.45, 7) is 6.73. The first-order chi connectivity index (χ1) is 5.59. The first-order valence-corrected chi connectivity index (χ1v) is 4.48. The van der Waals surface area contributed by atoms with Gasteiger partial charge in [0.2, 0.25) is 0 Å². The van der Waals surface area contributed by atoms with Gasteiger partial charge in [-0.3, -0.25) is 0 Å². The van der Waals surface area contributed by atoms with Gasteiger partial charge in [0.25, 0.3) is 0 Å². The summed E-state index contributed by atoms with van der Waals surface area (Å²) in [6, 6.07) is 1.04. The lowest BCUT2D eigenvalue weighted by Crippen LogP contribution is -2.45. The zero-order chi connectivity index (χ0) is 8.77. The fourth-order valence-electron chi connectivity index (χ4n) is 1.87. The van der Waals surface area contributed by atoms with E-state index in [0.717, 1.165) is 0 Å². The summed E-state index contributed by atoms with van der Waals surface area (Å²) >= 11 is 0. The van der Waals surface area contributed by atoms with E-state index in [4.69, 9.17) is 0 Å². The van der Waals surface area contributed by atoms with Gasteiger partial charge in [-0.15, -0.1) is 0 Å². The van der Waals surface area contributed by atoms with E-state index in [9.17, 15) is 0 Å². The molecule has 0 saturated carbocycles. The summed E-state index contributed by atoms with van der Waals surface area (Å²) in [7, 11) is 0. The Balaban J connectivity index is 2.19. The molecule has 0 aromatic carbocycles. The first kappa shape index (κ1) is 7.71. The maximum absolute atomic E-state index is 3.31. The number of rotatable bonds is 0. The SMILES string of the molecule is CC(C)(C)N1C=CC2NC=CC21. The Kier molecular flexibility index (Phi) is 1.47. The molecule has 2 heteroatoms. The second kappa shape index (κ2) is 2.28. The molecule has 0 spiro atoms. The minimum atomic E-state index is 0.228. The maximum Gasteiger partial charge on any atom is 0.0727 e. The van der Waals surface area contributed by atoms with E-state index >= 15 is 0 Å². The van der Waals surface area contributed by atoms with Crippen molar-refractivity contribution in [3.8, 4) is 0 Å². The molecule has 66 valence electrons. The molecule has 2 aliphatic rings. The van der Waals surface area contributed by atoms with Crippen molar-refractivity contribution in [2.45, 2.75) is 38.4 Å². The molecule has 2 rings (SSSR count). The quantitative estimate of drug-likeness (QED) is 0.583. The van der Waals surface area contributed by atoms with E-state index in [2.05, 4.69) is 55.5 Å². The van der Waals surface area contributed by atoms with Gasteiger partial charge in [-0.25, -0.2) is 0 Å². The molecular formula is C10H16N2. The van der Waals surface area contributed by atoms with Gasteiger partial charge < -0.3 is 10.2 Å². The van der Waals surface area contributed by atoms with Crippen molar-refractivity contribution in [2.24, 2.45) is 0 Å². The van der Waals surface area contributed by atoms with E-state index in [-0.39, 0.29) is 5.54 Å². The van der Waals surface area contributed by atoms with Crippen LogP contribution in [-0.2, 0) is 0 Å². The third-order valence-electron chi connectivity index (χ3n) is 2.50. The zero-order valence-electron chi connectivity index (χ0n) is 7.91. The second-order valence-electron chi connectivity index (χ2n) is 4.46. The summed E-state index contributed by atoms with van der Waals surface area (Å²) in [5.74, 6) is 0. The maximum atomic E-state index is 3.31. The van der Waals surface area contributed by atoms with Crippen LogP contribution < -0.4 is 5.32 Å². The fourth-order valence-corrected chi connectivity index (χ4v) is 1.87. The smallest absolute Gasteiger partial charge is 0.0727 e. The van der Waals surface area contributed by atoms with Gasteiger partial charge in [-0.05, 0) is 45.3 Å². The largest absolute Gasteiger partial charge is 0.382 e. The van der Waals surface area contributed by atoms with Crippen molar-refractivity contribution >= 4 is 0 Å². The van der Waals surface area contributed by atoms with Gasteiger partial charge in [-0.2, -0.15) is 0 Å². The molecule has 0 saturated heterocycles. The third-order valence-corrected chi connectivity index (χ3v) is 2.50. The standard InChI is InChI=1S/C10H16N2/c1-10(2,3)12-7-5-8-9(12)4-6-11-8/h4-9,11H,1-3H3. The molecule has 0 aliphatic carbocycles. The monoisotopic (exact) mass is 164 g/mol. The van der Waals surface area contributed by atoms with Crippen LogP contribution in [0.3, 0.4) is 0 Å². The lowest BCUT2D eigenvalue weighted by molar-refractivity contribution is 0.180. The average Bonchev–Trinajstić information content (AvgIpc) is 2.37. The van der Waals surface area contributed by atoms with E-state index in [1.807, 2.05) is 0 Å². The van der Waals surface area contributed by atoms with Crippen molar-refractivity contribution in [1.82, 2.24) is 10.2 Å². The molecule has 2 nitrogen and oxygen atoms in total. The van der Waals surface area contributed by atoms with Gasteiger partial charge in [0.15, 0.2) is 0 Å². The van der Waals surface area contributed by atoms with E-state index in [1.165, 1.54) is 0 Å². The Labute approximate surface area is 73.9 Å². The van der Waals surface area contributed by atoms with Crippen LogP contribution >= 0.6 is 0 Å². The lowest BCUT2D eigenvalue weighted by atomic mass is 10.0. The van der Waals surface area contributed by atoms with Crippen LogP contribution in [0.4, 0.5) is 0 Å². The predicted octanol–water partition coefficient (Wildman–Crippen LogP) is 1.47. The van der Waals surface area contributed by atoms with Crippen LogP contribution in [0.5, 0.6) is 0 Å². The van der Waals surface area contributed by atoms with Gasteiger partial charge in [0.1, 0.15) is 0 Å². The summed E-state index contributed by atoms with van der Waals surface area (Å²) in [5, 5.41) is 3.31. The molecule has 2 heterocycles. The Hall–Kier alpha value is -0.920. The average molecular weight is 164 g/mol. The van der Waals surface area contributed by atoms with Gasteiger partial charge in [-0.1, -0.05) is 0 Å². The van der Waals surface area contributed by atoms with Crippen molar-refractivity contribution in [2.75, 3.05) is 0 Å². The topological polar surface area (TPSA) is 15.3 Å². The predicted molar refractivity (Wildman–Crippen MR) is 50.6 cm³/mol. The van der Waals surface area contributed by atoms with Crippen molar-refractivity contribution in [3.63, 3.8) is 0 Å². The highest BCUT2D eigenvalue weighted by molar-refractivity contribution is 5.23. The molecule has 0 aromatic rings. The van der Waals surface area contributed by atoms with Crippen LogP contribution in [0.2, 0.25) is 0 Å². The van der Waals surface area contributed by atoms with Crippen LogP contribution in [-0.4, -0.2) is 22.5 Å². The summed E-state index contributed by atoms with van der Waals surface area (Å²) in [4.78, 5) is 2.40. The van der Waals surface area contributed by atoms with Crippen LogP contribution in [0, 0.1) is 0 Å². The second-order valence-corrected chi connectivity index (χ2v) is 4.46. The number of nitrogens with zero attached hydrogens (tertiary/aromatic N) is 1. The zero-order valence-corrected chi connectivity index (χ0v) is 7.91. The van der Waals surface area contributed by atoms with Crippen LogP contribution in [0.25, 0.3) is 0 Å². The highest BCUT2D eigenvalue weighted by Crippen LogP contribution is 2.27. The molecule has 0 aromatic heterocycles. The number of nitrogens with one attached hydrogen (secondary N) is 1. The third kappa shape index (κ3) is 1.02. The first-order valence-electron chi connectivity index (χ1n) is 4.48.